The molecule has 0 unspecified atom stereocenters. The van der Waals surface area contributed by atoms with Crippen molar-refractivity contribution in [1.82, 2.24) is 0 Å². The lowest BCUT2D eigenvalue weighted by Gasteiger charge is -2.04. The second-order valence-corrected chi connectivity index (χ2v) is 3.23. The Hall–Kier alpha value is -1.30. The molecule has 0 spiro atoms. The molecule has 1 heterocycles. The summed E-state index contributed by atoms with van der Waals surface area (Å²) in [6.45, 7) is 0. The molecule has 6 heteroatoms. The van der Waals surface area contributed by atoms with E-state index in [4.69, 9.17) is 0 Å². The zero-order valence-corrected chi connectivity index (χ0v) is 8.26. The van der Waals surface area contributed by atoms with Gasteiger partial charge in [0.2, 0.25) is 0 Å². The Balaban J connectivity index is 2.34. The van der Waals surface area contributed by atoms with Gasteiger partial charge in [-0.1, -0.05) is 0 Å². The summed E-state index contributed by atoms with van der Waals surface area (Å²) in [7, 11) is 0. The van der Waals surface area contributed by atoms with Gasteiger partial charge in [0.15, 0.2) is 17.3 Å². The van der Waals surface area contributed by atoms with Gasteiger partial charge >= 0.3 is 6.29 Å². The number of carbonyl (C=O) groups excluding carboxylic acids is 1. The number of hydrogen-bond donors (Lipinski definition) is 1. The molecule has 0 radical (unpaired) electrons. The van der Waals surface area contributed by atoms with E-state index in [2.05, 4.69) is 22.1 Å². The van der Waals surface area contributed by atoms with Crippen molar-refractivity contribution in [2.24, 2.45) is 0 Å². The third-order valence-corrected chi connectivity index (χ3v) is 2.15. The van der Waals surface area contributed by atoms with Crippen molar-refractivity contribution in [3.63, 3.8) is 0 Å². The number of carbonyl (C=O) groups is 1. The van der Waals surface area contributed by atoms with Crippen LogP contribution in [0.4, 0.5) is 8.78 Å². The molecule has 80 valence electrons. The van der Waals surface area contributed by atoms with Gasteiger partial charge in [0.25, 0.3) is 0 Å². The fourth-order valence-corrected chi connectivity index (χ4v) is 1.40. The van der Waals surface area contributed by atoms with Gasteiger partial charge in [-0.25, -0.2) is 0 Å². The van der Waals surface area contributed by atoms with Gasteiger partial charge in [0.05, 0.1) is 5.75 Å². The summed E-state index contributed by atoms with van der Waals surface area (Å²) in [5, 5.41) is 0. The second-order valence-electron chi connectivity index (χ2n) is 2.91. The molecule has 2 rings (SSSR count). The second kappa shape index (κ2) is 3.37. The van der Waals surface area contributed by atoms with Crippen LogP contribution in [0.15, 0.2) is 18.2 Å². The Bertz CT molecular complexity index is 420. The average Bonchev–Trinajstić information content (AvgIpc) is 2.49. The van der Waals surface area contributed by atoms with E-state index in [1.807, 2.05) is 0 Å². The van der Waals surface area contributed by atoms with Gasteiger partial charge < -0.3 is 9.47 Å². The fraction of sp³-hybridized carbons (Fsp3) is 0.222. The minimum atomic E-state index is -3.65. The van der Waals surface area contributed by atoms with E-state index in [1.165, 1.54) is 18.2 Å². The Labute approximate surface area is 89.4 Å². The number of thiol groups is 1. The lowest BCUT2D eigenvalue weighted by Crippen LogP contribution is -2.25. The third-order valence-electron chi connectivity index (χ3n) is 1.87. The maximum Gasteiger partial charge on any atom is 0.586 e. The number of alkyl halides is 2. The highest BCUT2D eigenvalue weighted by Gasteiger charge is 2.43. The van der Waals surface area contributed by atoms with E-state index in [9.17, 15) is 13.6 Å². The number of rotatable bonds is 2. The van der Waals surface area contributed by atoms with Gasteiger partial charge in [0, 0.05) is 5.56 Å². The van der Waals surface area contributed by atoms with Crippen molar-refractivity contribution in [3.05, 3.63) is 23.8 Å². The number of Topliss-reactive ketones (excluding diaryl/α,β-unsaturated/α-hetero) is 1. The number of fused-ring (bicyclic) bond motifs is 1. The number of hydrogen-bond acceptors (Lipinski definition) is 4. The molecule has 1 aromatic carbocycles. The summed E-state index contributed by atoms with van der Waals surface area (Å²) < 4.78 is 33.6. The Morgan fingerprint density at radius 2 is 2.00 bits per heavy atom. The monoisotopic (exact) mass is 232 g/mol. The van der Waals surface area contributed by atoms with E-state index in [-0.39, 0.29) is 28.6 Å². The highest BCUT2D eigenvalue weighted by molar-refractivity contribution is 7.81. The smallest absolute Gasteiger partial charge is 0.395 e. The van der Waals surface area contributed by atoms with Crippen LogP contribution in [0.1, 0.15) is 10.4 Å². The van der Waals surface area contributed by atoms with E-state index in [1.54, 1.807) is 0 Å². The third kappa shape index (κ3) is 1.90. The predicted octanol–water partition coefficient (Wildman–Crippen LogP) is 2.12. The quantitative estimate of drug-likeness (QED) is 0.626. The predicted molar refractivity (Wildman–Crippen MR) is 50.8 cm³/mol. The average molecular weight is 232 g/mol. The SMILES string of the molecule is O=C(CS)c1ccc2c(c1)OC(F)(F)O2. The first-order valence-corrected chi connectivity index (χ1v) is 4.69. The van der Waals surface area contributed by atoms with Gasteiger partial charge in [-0.3, -0.25) is 4.79 Å². The topological polar surface area (TPSA) is 35.5 Å². The highest BCUT2D eigenvalue weighted by atomic mass is 32.1. The molecule has 0 saturated carbocycles. The molecular weight excluding hydrogens is 226 g/mol. The van der Waals surface area contributed by atoms with E-state index >= 15 is 0 Å². The van der Waals surface area contributed by atoms with Crippen LogP contribution < -0.4 is 9.47 Å². The summed E-state index contributed by atoms with van der Waals surface area (Å²) in [6.07, 6.45) is -3.65. The minimum absolute atomic E-state index is 0.00996. The molecule has 1 aliphatic rings. The fourth-order valence-electron chi connectivity index (χ4n) is 1.21. The first-order chi connectivity index (χ1) is 7.02. The maximum atomic E-state index is 12.6. The summed E-state index contributed by atoms with van der Waals surface area (Å²) >= 11 is 3.80. The molecule has 0 saturated heterocycles. The van der Waals surface area contributed by atoms with Gasteiger partial charge in [-0.05, 0) is 18.2 Å². The summed E-state index contributed by atoms with van der Waals surface area (Å²) in [5.41, 5.74) is 0.269. The lowest BCUT2D eigenvalue weighted by molar-refractivity contribution is -0.286. The zero-order chi connectivity index (χ0) is 11.1. The van der Waals surface area contributed by atoms with Crippen molar-refractivity contribution in [2.45, 2.75) is 6.29 Å². The first-order valence-electron chi connectivity index (χ1n) is 4.06. The van der Waals surface area contributed by atoms with Crippen molar-refractivity contribution in [1.29, 1.82) is 0 Å². The summed E-state index contributed by atoms with van der Waals surface area (Å²) in [4.78, 5) is 11.2. The Morgan fingerprint density at radius 3 is 2.67 bits per heavy atom. The largest absolute Gasteiger partial charge is 0.586 e. The van der Waals surface area contributed by atoms with Crippen LogP contribution in [-0.4, -0.2) is 17.8 Å². The molecule has 1 aliphatic heterocycles. The molecule has 0 atom stereocenters. The molecule has 0 fully saturated rings. The molecule has 0 aliphatic carbocycles. The first kappa shape index (κ1) is 10.2. The molecule has 0 bridgehead atoms. The van der Waals surface area contributed by atoms with Crippen LogP contribution in [0, 0.1) is 0 Å². The van der Waals surface area contributed by atoms with Gasteiger partial charge in [-0.15, -0.1) is 8.78 Å². The summed E-state index contributed by atoms with van der Waals surface area (Å²) in [6, 6.07) is 3.88. The molecule has 3 nitrogen and oxygen atoms in total. The lowest BCUT2D eigenvalue weighted by atomic mass is 10.1. The molecule has 0 N–H and O–H groups in total. The molecular formula is C9H6F2O3S. The summed E-state index contributed by atoms with van der Waals surface area (Å²) in [5.74, 6) is -0.459. The number of benzene rings is 1. The normalized spacial score (nSPS) is 16.5. The van der Waals surface area contributed by atoms with Crippen molar-refractivity contribution in [2.75, 3.05) is 5.75 Å². The molecule has 1 aromatic rings. The van der Waals surface area contributed by atoms with Crippen LogP contribution in [0.5, 0.6) is 11.5 Å². The number of ether oxygens (including phenoxy) is 2. The Kier molecular flexibility index (Phi) is 2.30. The van der Waals surface area contributed by atoms with Crippen LogP contribution >= 0.6 is 12.6 Å². The van der Waals surface area contributed by atoms with Crippen LogP contribution in [0.3, 0.4) is 0 Å². The van der Waals surface area contributed by atoms with Gasteiger partial charge in [0.1, 0.15) is 0 Å². The maximum absolute atomic E-state index is 12.6. The van der Waals surface area contributed by atoms with Crippen molar-refractivity contribution in [3.8, 4) is 11.5 Å². The number of ketones is 1. The Morgan fingerprint density at radius 1 is 1.33 bits per heavy atom. The minimum Gasteiger partial charge on any atom is -0.395 e. The van der Waals surface area contributed by atoms with Gasteiger partial charge in [-0.2, -0.15) is 12.6 Å². The molecule has 0 amide bonds. The van der Waals surface area contributed by atoms with Crippen LogP contribution in [0.25, 0.3) is 0 Å². The highest BCUT2D eigenvalue weighted by Crippen LogP contribution is 2.41. The van der Waals surface area contributed by atoms with Crippen LogP contribution in [0.2, 0.25) is 0 Å². The van der Waals surface area contributed by atoms with Crippen LogP contribution in [-0.2, 0) is 0 Å². The van der Waals surface area contributed by atoms with E-state index in [0.29, 0.717) is 0 Å². The standard InChI is InChI=1S/C9H6F2O3S/c10-9(11)13-7-2-1-5(6(12)4-15)3-8(7)14-9/h1-3,15H,4H2. The molecule has 15 heavy (non-hydrogen) atoms. The van der Waals surface area contributed by atoms with Crippen molar-refractivity contribution < 1.29 is 23.0 Å². The van der Waals surface area contributed by atoms with E-state index in [0.717, 1.165) is 0 Å². The zero-order valence-electron chi connectivity index (χ0n) is 7.37. The van der Waals surface area contributed by atoms with Crippen molar-refractivity contribution >= 4 is 18.4 Å². The number of halogens is 2. The molecule has 0 aromatic heterocycles. The van der Waals surface area contributed by atoms with E-state index < -0.39 is 6.29 Å².